The molecule has 2 heterocycles. The number of piperidine rings is 1. The molecule has 0 aromatic heterocycles. The average Bonchev–Trinajstić information content (AvgIpc) is 3.26. The van der Waals surface area contributed by atoms with Crippen molar-refractivity contribution < 1.29 is 19.4 Å². The Morgan fingerprint density at radius 1 is 1.02 bits per heavy atom. The second-order valence-corrected chi connectivity index (χ2v) is 11.5. The monoisotopic (exact) mass is 609 g/mol. The van der Waals surface area contributed by atoms with Crippen LogP contribution in [0.4, 0.5) is 11.4 Å². The maximum Gasteiger partial charge on any atom is 0.335 e. The molecule has 0 spiro atoms. The van der Waals surface area contributed by atoms with Gasteiger partial charge in [-0.3, -0.25) is 9.69 Å². The van der Waals surface area contributed by atoms with Crippen molar-refractivity contribution in [1.29, 1.82) is 0 Å². The molecule has 0 atom stereocenters. The van der Waals surface area contributed by atoms with E-state index in [2.05, 4.69) is 17.0 Å². The number of amides is 1. The zero-order valence-electron chi connectivity index (χ0n) is 22.5. The van der Waals surface area contributed by atoms with Crippen LogP contribution in [0.2, 0.25) is 10.0 Å². The molecule has 1 amide bonds. The lowest BCUT2D eigenvalue weighted by molar-refractivity contribution is -0.122. The molecule has 10 heteroatoms. The van der Waals surface area contributed by atoms with E-state index in [4.69, 9.17) is 38.0 Å². The lowest BCUT2D eigenvalue weighted by Gasteiger charge is -2.28. The number of ether oxygens (including phenoxy) is 1. The lowest BCUT2D eigenvalue weighted by atomic mass is 10.1. The van der Waals surface area contributed by atoms with Crippen LogP contribution in [0.3, 0.4) is 0 Å². The molecule has 212 valence electrons. The van der Waals surface area contributed by atoms with Gasteiger partial charge < -0.3 is 14.7 Å². The molecular formula is C31H29Cl2N3O4S. The van der Waals surface area contributed by atoms with E-state index in [1.54, 1.807) is 35.2 Å². The van der Waals surface area contributed by atoms with Gasteiger partial charge in [-0.25, -0.2) is 9.79 Å². The van der Waals surface area contributed by atoms with Crippen molar-refractivity contribution in [1.82, 2.24) is 4.90 Å². The summed E-state index contributed by atoms with van der Waals surface area (Å²) < 4.78 is 5.83. The van der Waals surface area contributed by atoms with Gasteiger partial charge in [0.2, 0.25) is 0 Å². The standard InChI is InChI=1S/C31H29Cl2N3O4S/c1-2-36-29(37)27(41-31(36)34-23-10-12-24(13-11-23)35-14-4-3-5-15-35)18-21-16-25(32)28(26(33)17-21)40-19-20-6-8-22(9-7-20)30(38)39/h6-13,16-18H,2-5,14-15,19H2,1H3,(H,38,39)/b27-18-,34-31?. The van der Waals surface area contributed by atoms with Crippen LogP contribution in [-0.2, 0) is 11.4 Å². The van der Waals surface area contributed by atoms with Crippen LogP contribution in [-0.4, -0.2) is 46.7 Å². The molecule has 0 aliphatic carbocycles. The second kappa shape index (κ2) is 13.0. The number of aliphatic imine (C=N–C) groups is 1. The van der Waals surface area contributed by atoms with Crippen LogP contribution in [0.1, 0.15) is 47.7 Å². The molecular weight excluding hydrogens is 581 g/mol. The van der Waals surface area contributed by atoms with Gasteiger partial charge in [0.1, 0.15) is 6.61 Å². The van der Waals surface area contributed by atoms with Crippen molar-refractivity contribution in [3.8, 4) is 5.75 Å². The second-order valence-electron chi connectivity index (χ2n) is 9.72. The van der Waals surface area contributed by atoms with Gasteiger partial charge in [-0.1, -0.05) is 35.3 Å². The van der Waals surface area contributed by atoms with Crippen molar-refractivity contribution in [2.24, 2.45) is 4.99 Å². The third-order valence-electron chi connectivity index (χ3n) is 6.90. The minimum atomic E-state index is -0.991. The summed E-state index contributed by atoms with van der Waals surface area (Å²) in [4.78, 5) is 33.6. The number of amidine groups is 1. The molecule has 0 bridgehead atoms. The van der Waals surface area contributed by atoms with Gasteiger partial charge in [-0.15, -0.1) is 0 Å². The van der Waals surface area contributed by atoms with E-state index in [1.165, 1.54) is 48.8 Å². The van der Waals surface area contributed by atoms with Crippen molar-refractivity contribution in [3.05, 3.63) is 92.3 Å². The Labute approximate surface area is 253 Å². The number of likely N-dealkylation sites (N-methyl/N-ethyl adjacent to an activating group) is 1. The van der Waals surface area contributed by atoms with E-state index >= 15 is 0 Å². The fraction of sp³-hybridized carbons (Fsp3) is 0.258. The first-order valence-corrected chi connectivity index (χ1v) is 15.0. The maximum absolute atomic E-state index is 13.2. The summed E-state index contributed by atoms with van der Waals surface area (Å²) in [6, 6.07) is 17.9. The Kier molecular flexibility index (Phi) is 9.22. The number of thioether (sulfide) groups is 1. The quantitative estimate of drug-likeness (QED) is 0.261. The summed E-state index contributed by atoms with van der Waals surface area (Å²) in [5.41, 5.74) is 3.63. The van der Waals surface area contributed by atoms with Gasteiger partial charge in [-0.2, -0.15) is 0 Å². The fourth-order valence-corrected chi connectivity index (χ4v) is 6.40. The molecule has 2 aliphatic rings. The first-order chi connectivity index (χ1) is 19.8. The number of carboxylic acid groups (broad SMARTS) is 1. The lowest BCUT2D eigenvalue weighted by Crippen LogP contribution is -2.29. The minimum Gasteiger partial charge on any atom is -0.486 e. The maximum atomic E-state index is 13.2. The highest BCUT2D eigenvalue weighted by molar-refractivity contribution is 8.18. The third kappa shape index (κ3) is 6.89. The van der Waals surface area contributed by atoms with E-state index in [0.717, 1.165) is 24.3 Å². The van der Waals surface area contributed by atoms with Gasteiger partial charge in [-0.05, 0) is 104 Å². The number of rotatable bonds is 8. The van der Waals surface area contributed by atoms with Crippen LogP contribution in [0.25, 0.3) is 6.08 Å². The van der Waals surface area contributed by atoms with Gasteiger partial charge in [0.15, 0.2) is 10.9 Å². The van der Waals surface area contributed by atoms with Gasteiger partial charge in [0.05, 0.1) is 26.2 Å². The topological polar surface area (TPSA) is 82.4 Å². The molecule has 0 radical (unpaired) electrons. The van der Waals surface area contributed by atoms with E-state index in [9.17, 15) is 9.59 Å². The zero-order chi connectivity index (χ0) is 28.9. The minimum absolute atomic E-state index is 0.126. The molecule has 5 rings (SSSR count). The summed E-state index contributed by atoms with van der Waals surface area (Å²) in [7, 11) is 0. The summed E-state index contributed by atoms with van der Waals surface area (Å²) in [6.07, 6.45) is 5.49. The van der Waals surface area contributed by atoms with Gasteiger partial charge in [0.25, 0.3) is 5.91 Å². The van der Waals surface area contributed by atoms with Crippen LogP contribution in [0.5, 0.6) is 5.75 Å². The summed E-state index contributed by atoms with van der Waals surface area (Å²) in [5.74, 6) is -0.804. The largest absolute Gasteiger partial charge is 0.486 e. The number of nitrogens with zero attached hydrogens (tertiary/aromatic N) is 3. The number of anilines is 1. The average molecular weight is 611 g/mol. The van der Waals surface area contributed by atoms with Crippen LogP contribution < -0.4 is 9.64 Å². The molecule has 3 aromatic carbocycles. The highest BCUT2D eigenvalue weighted by Gasteiger charge is 2.32. The number of halogens is 2. The molecule has 2 aliphatic heterocycles. The molecule has 2 saturated heterocycles. The Balaban J connectivity index is 1.30. The number of benzene rings is 3. The molecule has 2 fully saturated rings. The van der Waals surface area contributed by atoms with Crippen molar-refractivity contribution in [3.63, 3.8) is 0 Å². The Bertz CT molecular complexity index is 1480. The molecule has 3 aromatic rings. The van der Waals surface area contributed by atoms with E-state index < -0.39 is 5.97 Å². The first-order valence-electron chi connectivity index (χ1n) is 13.4. The van der Waals surface area contributed by atoms with Crippen LogP contribution in [0.15, 0.2) is 70.6 Å². The Hall–Kier alpha value is -3.46. The van der Waals surface area contributed by atoms with Crippen molar-refractivity contribution in [2.45, 2.75) is 32.8 Å². The number of carbonyl (C=O) groups is 2. The van der Waals surface area contributed by atoms with E-state index in [0.29, 0.717) is 38.0 Å². The van der Waals surface area contributed by atoms with E-state index in [-0.39, 0.29) is 18.1 Å². The van der Waals surface area contributed by atoms with Crippen molar-refractivity contribution >= 4 is 69.5 Å². The highest BCUT2D eigenvalue weighted by atomic mass is 35.5. The number of carboxylic acids is 1. The predicted octanol–water partition coefficient (Wildman–Crippen LogP) is 7.88. The zero-order valence-corrected chi connectivity index (χ0v) is 24.8. The number of carbonyl (C=O) groups excluding carboxylic acids is 1. The fourth-order valence-electron chi connectivity index (χ4n) is 4.72. The van der Waals surface area contributed by atoms with Crippen LogP contribution >= 0.6 is 35.0 Å². The molecule has 0 saturated carbocycles. The Morgan fingerprint density at radius 2 is 1.68 bits per heavy atom. The third-order valence-corrected chi connectivity index (χ3v) is 8.47. The summed E-state index contributed by atoms with van der Waals surface area (Å²) >= 11 is 14.3. The first kappa shape index (κ1) is 29.0. The number of hydrogen-bond acceptors (Lipinski definition) is 6. The molecule has 0 unspecified atom stereocenters. The van der Waals surface area contributed by atoms with Crippen LogP contribution in [0, 0.1) is 0 Å². The SMILES string of the molecule is CCN1C(=O)/C(=C/c2cc(Cl)c(OCc3ccc(C(=O)O)cc3)c(Cl)c2)SC1=Nc1ccc(N2CCCCC2)cc1. The smallest absolute Gasteiger partial charge is 0.335 e. The molecule has 1 N–H and O–H groups in total. The summed E-state index contributed by atoms with van der Waals surface area (Å²) in [5, 5.41) is 10.3. The predicted molar refractivity (Wildman–Crippen MR) is 167 cm³/mol. The number of hydrogen-bond donors (Lipinski definition) is 1. The normalized spacial score (nSPS) is 17.5. The molecule has 7 nitrogen and oxygen atoms in total. The van der Waals surface area contributed by atoms with Gasteiger partial charge in [0, 0.05) is 25.3 Å². The highest BCUT2D eigenvalue weighted by Crippen LogP contribution is 2.38. The summed E-state index contributed by atoms with van der Waals surface area (Å²) in [6.45, 7) is 4.75. The van der Waals surface area contributed by atoms with E-state index in [1.807, 2.05) is 19.1 Å². The Morgan fingerprint density at radius 3 is 2.29 bits per heavy atom. The number of aromatic carboxylic acids is 1. The van der Waals surface area contributed by atoms with Crippen molar-refractivity contribution in [2.75, 3.05) is 24.5 Å². The molecule has 41 heavy (non-hydrogen) atoms. The van der Waals surface area contributed by atoms with Gasteiger partial charge >= 0.3 is 5.97 Å².